The van der Waals surface area contributed by atoms with E-state index in [1.54, 1.807) is 6.92 Å². The molecule has 0 aromatic rings. The number of nitrogens with one attached hydrogen (secondary N) is 3. The summed E-state index contributed by atoms with van der Waals surface area (Å²) in [6.45, 7) is 6.72. The third-order valence-corrected chi connectivity index (χ3v) is 5.43. The van der Waals surface area contributed by atoms with E-state index >= 15 is 0 Å². The van der Waals surface area contributed by atoms with Gasteiger partial charge in [-0.3, -0.25) is 4.79 Å². The van der Waals surface area contributed by atoms with E-state index in [9.17, 15) is 13.2 Å². The zero-order valence-electron chi connectivity index (χ0n) is 13.2. The number of carbonyl (C=O) groups is 1. The van der Waals surface area contributed by atoms with Gasteiger partial charge in [-0.2, -0.15) is 0 Å². The lowest BCUT2D eigenvalue weighted by Gasteiger charge is -2.28. The summed E-state index contributed by atoms with van der Waals surface area (Å²) in [5.74, 6) is 1.12. The van der Waals surface area contributed by atoms with Gasteiger partial charge in [0.1, 0.15) is 0 Å². The van der Waals surface area contributed by atoms with E-state index in [1.165, 1.54) is 12.8 Å². The number of piperidine rings is 1. The van der Waals surface area contributed by atoms with Gasteiger partial charge in [0.25, 0.3) is 0 Å². The maximum absolute atomic E-state index is 11.8. The molecule has 6 nitrogen and oxygen atoms in total. The average Bonchev–Trinajstić information content (AvgIpc) is 2.47. The maximum Gasteiger partial charge on any atom is 0.220 e. The average molecular weight is 319 g/mol. The predicted octanol–water partition coefficient (Wildman–Crippen LogP) is 0.458. The molecule has 0 radical (unpaired) electrons. The summed E-state index contributed by atoms with van der Waals surface area (Å²) >= 11 is 0. The monoisotopic (exact) mass is 319 g/mol. The number of hydrogen-bond acceptors (Lipinski definition) is 4. The van der Waals surface area contributed by atoms with Gasteiger partial charge in [0.2, 0.25) is 15.9 Å². The fourth-order valence-electron chi connectivity index (χ4n) is 2.54. The third kappa shape index (κ3) is 7.78. The zero-order chi connectivity index (χ0) is 15.7. The Balaban J connectivity index is 2.10. The second kappa shape index (κ2) is 9.38. The van der Waals surface area contributed by atoms with Gasteiger partial charge >= 0.3 is 0 Å². The minimum atomic E-state index is -3.12. The molecule has 0 aromatic heterocycles. The SMILES string of the molecule is CCS(=O)(=O)NCCCNC(=O)CC(C)C1CCCNC1. The van der Waals surface area contributed by atoms with Crippen LogP contribution < -0.4 is 15.4 Å². The standard InChI is InChI=1S/C14H29N3O3S/c1-3-21(19,20)17-9-5-8-16-14(18)10-12(2)13-6-4-7-15-11-13/h12-13,15,17H,3-11H2,1-2H3,(H,16,18). The van der Waals surface area contributed by atoms with Crippen molar-refractivity contribution >= 4 is 15.9 Å². The smallest absolute Gasteiger partial charge is 0.220 e. The van der Waals surface area contributed by atoms with E-state index < -0.39 is 10.0 Å². The van der Waals surface area contributed by atoms with Gasteiger partial charge in [-0.05, 0) is 51.1 Å². The summed E-state index contributed by atoms with van der Waals surface area (Å²) in [6.07, 6.45) is 3.55. The first-order valence-electron chi connectivity index (χ1n) is 7.89. The molecule has 0 spiro atoms. The number of sulfonamides is 1. The Bertz CT molecular complexity index is 406. The summed E-state index contributed by atoms with van der Waals surface area (Å²) in [5.41, 5.74) is 0. The van der Waals surface area contributed by atoms with E-state index in [4.69, 9.17) is 0 Å². The quantitative estimate of drug-likeness (QED) is 0.539. The van der Waals surface area contributed by atoms with Gasteiger partial charge in [-0.1, -0.05) is 6.92 Å². The predicted molar refractivity (Wildman–Crippen MR) is 84.5 cm³/mol. The van der Waals surface area contributed by atoms with Gasteiger partial charge in [-0.15, -0.1) is 0 Å². The van der Waals surface area contributed by atoms with Crippen LogP contribution in [0.25, 0.3) is 0 Å². The van der Waals surface area contributed by atoms with Gasteiger partial charge in [0, 0.05) is 19.5 Å². The minimum Gasteiger partial charge on any atom is -0.356 e. The first-order chi connectivity index (χ1) is 9.94. The second-order valence-corrected chi connectivity index (χ2v) is 7.88. The maximum atomic E-state index is 11.8. The van der Waals surface area contributed by atoms with Crippen LogP contribution >= 0.6 is 0 Å². The molecule has 7 heteroatoms. The number of rotatable bonds is 9. The highest BCUT2D eigenvalue weighted by Gasteiger charge is 2.21. The van der Waals surface area contributed by atoms with Crippen molar-refractivity contribution in [2.75, 3.05) is 31.9 Å². The fraction of sp³-hybridized carbons (Fsp3) is 0.929. The Kier molecular flexibility index (Phi) is 8.21. The van der Waals surface area contributed by atoms with Crippen molar-refractivity contribution in [3.63, 3.8) is 0 Å². The van der Waals surface area contributed by atoms with E-state index in [2.05, 4.69) is 22.3 Å². The summed E-state index contributed by atoms with van der Waals surface area (Å²) in [5, 5.41) is 6.23. The van der Waals surface area contributed by atoms with Crippen LogP contribution in [-0.2, 0) is 14.8 Å². The number of hydrogen-bond donors (Lipinski definition) is 3. The first-order valence-corrected chi connectivity index (χ1v) is 9.54. The van der Waals surface area contributed by atoms with Gasteiger partial charge in [0.15, 0.2) is 0 Å². The van der Waals surface area contributed by atoms with Gasteiger partial charge < -0.3 is 10.6 Å². The van der Waals surface area contributed by atoms with E-state index in [0.717, 1.165) is 13.1 Å². The molecule has 0 aromatic carbocycles. The van der Waals surface area contributed by atoms with Crippen LogP contribution in [0.4, 0.5) is 0 Å². The highest BCUT2D eigenvalue weighted by atomic mass is 32.2. The molecule has 21 heavy (non-hydrogen) atoms. The molecule has 3 N–H and O–H groups in total. The molecule has 1 saturated heterocycles. The van der Waals surface area contributed by atoms with Crippen LogP contribution in [0.1, 0.15) is 39.5 Å². The van der Waals surface area contributed by atoms with E-state index in [-0.39, 0.29) is 11.7 Å². The van der Waals surface area contributed by atoms with Crippen molar-refractivity contribution in [2.45, 2.75) is 39.5 Å². The highest BCUT2D eigenvalue weighted by molar-refractivity contribution is 7.89. The van der Waals surface area contributed by atoms with Crippen molar-refractivity contribution in [3.8, 4) is 0 Å². The Morgan fingerprint density at radius 3 is 2.76 bits per heavy atom. The van der Waals surface area contributed by atoms with Crippen molar-refractivity contribution in [1.29, 1.82) is 0 Å². The molecule has 1 heterocycles. The molecular weight excluding hydrogens is 290 g/mol. The van der Waals surface area contributed by atoms with Crippen LogP contribution in [0.15, 0.2) is 0 Å². The van der Waals surface area contributed by atoms with E-state index in [1.807, 2.05) is 0 Å². The van der Waals surface area contributed by atoms with E-state index in [0.29, 0.717) is 37.8 Å². The zero-order valence-corrected chi connectivity index (χ0v) is 14.0. The van der Waals surface area contributed by atoms with Gasteiger partial charge in [-0.25, -0.2) is 13.1 Å². The van der Waals surface area contributed by atoms with Crippen LogP contribution in [0.5, 0.6) is 0 Å². The molecule has 0 saturated carbocycles. The number of amides is 1. The van der Waals surface area contributed by atoms with Gasteiger partial charge in [0.05, 0.1) is 5.75 Å². The largest absolute Gasteiger partial charge is 0.356 e. The van der Waals surface area contributed by atoms with Crippen LogP contribution in [-0.4, -0.2) is 46.3 Å². The molecule has 1 rings (SSSR count). The Labute approximate surface area is 128 Å². The van der Waals surface area contributed by atoms with Crippen molar-refractivity contribution < 1.29 is 13.2 Å². The van der Waals surface area contributed by atoms with Crippen molar-refractivity contribution in [3.05, 3.63) is 0 Å². The molecule has 1 aliphatic heterocycles. The molecule has 1 amide bonds. The highest BCUT2D eigenvalue weighted by Crippen LogP contribution is 2.22. The van der Waals surface area contributed by atoms with Crippen LogP contribution in [0.3, 0.4) is 0 Å². The van der Waals surface area contributed by atoms with Crippen LogP contribution in [0, 0.1) is 11.8 Å². The number of carbonyl (C=O) groups excluding carboxylic acids is 1. The molecule has 124 valence electrons. The third-order valence-electron chi connectivity index (χ3n) is 4.02. The second-order valence-electron chi connectivity index (χ2n) is 5.79. The summed E-state index contributed by atoms with van der Waals surface area (Å²) < 4.78 is 24.9. The first kappa shape index (κ1) is 18.4. The molecule has 2 atom stereocenters. The molecule has 1 fully saturated rings. The lowest BCUT2D eigenvalue weighted by molar-refractivity contribution is -0.122. The molecule has 2 unspecified atom stereocenters. The normalized spacial score (nSPS) is 21.0. The lowest BCUT2D eigenvalue weighted by atomic mass is 9.85. The minimum absolute atomic E-state index is 0.0615. The lowest BCUT2D eigenvalue weighted by Crippen LogP contribution is -2.36. The Hall–Kier alpha value is -0.660. The fourth-order valence-corrected chi connectivity index (χ4v) is 3.20. The molecule has 1 aliphatic rings. The van der Waals surface area contributed by atoms with Crippen molar-refractivity contribution in [2.24, 2.45) is 11.8 Å². The topological polar surface area (TPSA) is 87.3 Å². The summed E-state index contributed by atoms with van der Waals surface area (Å²) in [4.78, 5) is 11.8. The molecule has 0 bridgehead atoms. The Morgan fingerprint density at radius 2 is 2.14 bits per heavy atom. The Morgan fingerprint density at radius 1 is 1.38 bits per heavy atom. The van der Waals surface area contributed by atoms with Crippen molar-refractivity contribution in [1.82, 2.24) is 15.4 Å². The molecular formula is C14H29N3O3S. The van der Waals surface area contributed by atoms with Crippen LogP contribution in [0.2, 0.25) is 0 Å². The molecule has 0 aliphatic carbocycles. The summed E-state index contributed by atoms with van der Waals surface area (Å²) in [7, 11) is -3.12. The summed E-state index contributed by atoms with van der Waals surface area (Å²) in [6, 6.07) is 0.